The van der Waals surface area contributed by atoms with Crippen LogP contribution in [0.3, 0.4) is 0 Å². The number of nitrogens with zero attached hydrogens (tertiary/aromatic N) is 2. The van der Waals surface area contributed by atoms with Gasteiger partial charge in [0.25, 0.3) is 0 Å². The van der Waals surface area contributed by atoms with Crippen molar-refractivity contribution in [3.8, 4) is 0 Å². The summed E-state index contributed by atoms with van der Waals surface area (Å²) in [6.07, 6.45) is 1.85. The zero-order valence-electron chi connectivity index (χ0n) is 6.79. The highest BCUT2D eigenvalue weighted by Crippen LogP contribution is 2.18. The summed E-state index contributed by atoms with van der Waals surface area (Å²) in [6, 6.07) is 6.07. The second kappa shape index (κ2) is 2.79. The molecule has 62 valence electrons. The molecule has 0 aliphatic carbocycles. The maximum atomic E-state index is 5.78. The minimum atomic E-state index is 0.545. The Kier molecular flexibility index (Phi) is 1.77. The van der Waals surface area contributed by atoms with Gasteiger partial charge in [-0.2, -0.15) is 5.10 Å². The van der Waals surface area contributed by atoms with Crippen LogP contribution in [0.15, 0.2) is 24.4 Å². The summed E-state index contributed by atoms with van der Waals surface area (Å²) in [5.74, 6) is 0.545. The number of alkyl halides is 1. The third-order valence-corrected chi connectivity index (χ3v) is 2.31. The van der Waals surface area contributed by atoms with E-state index in [0.29, 0.717) is 5.88 Å². The van der Waals surface area contributed by atoms with Gasteiger partial charge in [0, 0.05) is 18.3 Å². The molecule has 1 aromatic carbocycles. The van der Waals surface area contributed by atoms with E-state index in [9.17, 15) is 0 Å². The van der Waals surface area contributed by atoms with E-state index in [1.165, 1.54) is 0 Å². The third kappa shape index (κ3) is 0.994. The minimum absolute atomic E-state index is 0.545. The molecule has 2 rings (SSSR count). The van der Waals surface area contributed by atoms with Crippen LogP contribution in [0.1, 0.15) is 5.56 Å². The molecular weight excluding hydrogens is 172 g/mol. The molecule has 0 radical (unpaired) electrons. The monoisotopic (exact) mass is 180 g/mol. The van der Waals surface area contributed by atoms with Crippen LogP contribution in [0, 0.1) is 0 Å². The Bertz CT molecular complexity index is 406. The van der Waals surface area contributed by atoms with Crippen LogP contribution < -0.4 is 0 Å². The summed E-state index contributed by atoms with van der Waals surface area (Å²) in [5, 5.41) is 5.31. The Labute approximate surface area is 75.8 Å². The van der Waals surface area contributed by atoms with Crippen LogP contribution in [-0.2, 0) is 12.9 Å². The first-order valence-electron chi connectivity index (χ1n) is 3.78. The number of aryl methyl sites for hydroxylation is 1. The van der Waals surface area contributed by atoms with Gasteiger partial charge in [-0.3, -0.25) is 4.68 Å². The SMILES string of the molecule is Cn1ncc2c(CCl)cccc21. The van der Waals surface area contributed by atoms with E-state index in [1.54, 1.807) is 0 Å². The number of aromatic nitrogens is 2. The summed E-state index contributed by atoms with van der Waals surface area (Å²) >= 11 is 5.78. The summed E-state index contributed by atoms with van der Waals surface area (Å²) in [4.78, 5) is 0. The fourth-order valence-electron chi connectivity index (χ4n) is 1.35. The molecule has 0 N–H and O–H groups in total. The maximum absolute atomic E-state index is 5.78. The predicted molar refractivity (Wildman–Crippen MR) is 50.3 cm³/mol. The van der Waals surface area contributed by atoms with Crippen molar-refractivity contribution in [2.24, 2.45) is 7.05 Å². The first kappa shape index (κ1) is 7.62. The highest BCUT2D eigenvalue weighted by molar-refractivity contribution is 6.18. The number of benzene rings is 1. The molecule has 0 spiro atoms. The molecule has 0 aliphatic rings. The van der Waals surface area contributed by atoms with Gasteiger partial charge in [0.2, 0.25) is 0 Å². The zero-order valence-corrected chi connectivity index (χ0v) is 7.54. The first-order chi connectivity index (χ1) is 5.83. The lowest BCUT2D eigenvalue weighted by atomic mass is 10.1. The standard InChI is InChI=1S/C9H9ClN2/c1-12-9-4-2-3-7(5-10)8(9)6-11-12/h2-4,6H,5H2,1H3. The summed E-state index contributed by atoms with van der Waals surface area (Å²) in [7, 11) is 1.93. The second-order valence-electron chi connectivity index (χ2n) is 2.75. The molecule has 0 fully saturated rings. The number of fused-ring (bicyclic) bond motifs is 1. The predicted octanol–water partition coefficient (Wildman–Crippen LogP) is 2.31. The molecule has 0 saturated carbocycles. The fourth-order valence-corrected chi connectivity index (χ4v) is 1.59. The van der Waals surface area contributed by atoms with Gasteiger partial charge in [-0.1, -0.05) is 12.1 Å². The summed E-state index contributed by atoms with van der Waals surface area (Å²) < 4.78 is 1.85. The van der Waals surface area contributed by atoms with Gasteiger partial charge >= 0.3 is 0 Å². The molecule has 3 heteroatoms. The van der Waals surface area contributed by atoms with Gasteiger partial charge in [0.1, 0.15) is 0 Å². The van der Waals surface area contributed by atoms with Crippen LogP contribution in [-0.4, -0.2) is 9.78 Å². The van der Waals surface area contributed by atoms with Crippen molar-refractivity contribution in [2.75, 3.05) is 0 Å². The molecule has 2 aromatic rings. The third-order valence-electron chi connectivity index (χ3n) is 2.03. The fraction of sp³-hybridized carbons (Fsp3) is 0.222. The Morgan fingerprint density at radius 2 is 2.33 bits per heavy atom. The van der Waals surface area contributed by atoms with Crippen molar-refractivity contribution in [1.29, 1.82) is 0 Å². The van der Waals surface area contributed by atoms with Gasteiger partial charge in [0.05, 0.1) is 11.7 Å². The molecule has 12 heavy (non-hydrogen) atoms. The van der Waals surface area contributed by atoms with Crippen LogP contribution >= 0.6 is 11.6 Å². The lowest BCUT2D eigenvalue weighted by Gasteiger charge is -1.97. The van der Waals surface area contributed by atoms with Crippen molar-refractivity contribution in [3.05, 3.63) is 30.0 Å². The van der Waals surface area contributed by atoms with Gasteiger partial charge in [-0.15, -0.1) is 11.6 Å². The number of halogens is 1. The Balaban J connectivity index is 2.81. The molecule has 0 atom stereocenters. The quantitative estimate of drug-likeness (QED) is 0.616. The number of hydrogen-bond donors (Lipinski definition) is 0. The van der Waals surface area contributed by atoms with Gasteiger partial charge in [-0.25, -0.2) is 0 Å². The summed E-state index contributed by atoms with van der Waals surface area (Å²) in [6.45, 7) is 0. The van der Waals surface area contributed by atoms with E-state index >= 15 is 0 Å². The van der Waals surface area contributed by atoms with E-state index < -0.39 is 0 Å². The molecule has 0 bridgehead atoms. The normalized spacial score (nSPS) is 10.8. The average Bonchev–Trinajstić information content (AvgIpc) is 2.48. The molecule has 0 amide bonds. The lowest BCUT2D eigenvalue weighted by Crippen LogP contribution is -1.88. The van der Waals surface area contributed by atoms with Crippen molar-refractivity contribution in [2.45, 2.75) is 5.88 Å². The lowest BCUT2D eigenvalue weighted by molar-refractivity contribution is 0.797. The van der Waals surface area contributed by atoms with Crippen LogP contribution in [0.2, 0.25) is 0 Å². The van der Waals surface area contributed by atoms with Gasteiger partial charge in [0.15, 0.2) is 0 Å². The highest BCUT2D eigenvalue weighted by atomic mass is 35.5. The summed E-state index contributed by atoms with van der Waals surface area (Å²) in [5.41, 5.74) is 2.27. The van der Waals surface area contributed by atoms with E-state index in [-0.39, 0.29) is 0 Å². The second-order valence-corrected chi connectivity index (χ2v) is 3.02. The van der Waals surface area contributed by atoms with Gasteiger partial charge < -0.3 is 0 Å². The minimum Gasteiger partial charge on any atom is -0.268 e. The van der Waals surface area contributed by atoms with E-state index in [2.05, 4.69) is 5.10 Å². The molecule has 0 unspecified atom stereocenters. The Morgan fingerprint density at radius 3 is 3.08 bits per heavy atom. The molecule has 1 heterocycles. The largest absolute Gasteiger partial charge is 0.268 e. The van der Waals surface area contributed by atoms with Gasteiger partial charge in [-0.05, 0) is 11.6 Å². The van der Waals surface area contributed by atoms with Crippen LogP contribution in [0.25, 0.3) is 10.9 Å². The van der Waals surface area contributed by atoms with E-state index in [1.807, 2.05) is 36.1 Å². The van der Waals surface area contributed by atoms with Crippen molar-refractivity contribution in [1.82, 2.24) is 9.78 Å². The molecule has 0 saturated heterocycles. The van der Waals surface area contributed by atoms with Crippen LogP contribution in [0.5, 0.6) is 0 Å². The number of rotatable bonds is 1. The highest BCUT2D eigenvalue weighted by Gasteiger charge is 2.02. The maximum Gasteiger partial charge on any atom is 0.0682 e. The van der Waals surface area contributed by atoms with Crippen LogP contribution in [0.4, 0.5) is 0 Å². The molecule has 0 aliphatic heterocycles. The Hall–Kier alpha value is -1.02. The first-order valence-corrected chi connectivity index (χ1v) is 4.32. The van der Waals surface area contributed by atoms with Crippen molar-refractivity contribution in [3.63, 3.8) is 0 Å². The smallest absolute Gasteiger partial charge is 0.0682 e. The number of hydrogen-bond acceptors (Lipinski definition) is 1. The molecular formula is C9H9ClN2. The van der Waals surface area contributed by atoms with E-state index in [4.69, 9.17) is 11.6 Å². The topological polar surface area (TPSA) is 17.8 Å². The molecule has 2 nitrogen and oxygen atoms in total. The van der Waals surface area contributed by atoms with Crippen molar-refractivity contribution < 1.29 is 0 Å². The van der Waals surface area contributed by atoms with E-state index in [0.717, 1.165) is 16.5 Å². The Morgan fingerprint density at radius 1 is 1.50 bits per heavy atom. The van der Waals surface area contributed by atoms with Crippen molar-refractivity contribution >= 4 is 22.5 Å². The average molecular weight is 181 g/mol. The zero-order chi connectivity index (χ0) is 8.55. The molecule has 1 aromatic heterocycles.